The third kappa shape index (κ3) is 4.02. The van der Waals surface area contributed by atoms with Crippen molar-refractivity contribution in [3.63, 3.8) is 0 Å². The van der Waals surface area contributed by atoms with E-state index < -0.39 is 18.0 Å². The molecule has 1 heterocycles. The normalized spacial score (nSPS) is 11.9. The molecule has 0 aliphatic carbocycles. The van der Waals surface area contributed by atoms with E-state index in [4.69, 9.17) is 4.74 Å². The van der Waals surface area contributed by atoms with Crippen molar-refractivity contribution >= 4 is 17.6 Å². The van der Waals surface area contributed by atoms with E-state index >= 15 is 0 Å². The molecule has 0 radical (unpaired) electrons. The maximum Gasteiger partial charge on any atom is 0.340 e. The number of aromatic nitrogens is 1. The second-order valence-electron chi connectivity index (χ2n) is 6.66. The quantitative estimate of drug-likeness (QED) is 0.571. The van der Waals surface area contributed by atoms with Gasteiger partial charge in [-0.15, -0.1) is 4.91 Å². The highest BCUT2D eigenvalue weighted by Crippen LogP contribution is 2.37. The van der Waals surface area contributed by atoms with Crippen LogP contribution in [0.25, 0.3) is 11.1 Å². The number of hydrogen-bond acceptors (Lipinski definition) is 7. The van der Waals surface area contributed by atoms with Gasteiger partial charge >= 0.3 is 5.97 Å². The van der Waals surface area contributed by atoms with Gasteiger partial charge in [-0.1, -0.05) is 32.0 Å². The third-order valence-electron chi connectivity index (χ3n) is 4.47. The van der Waals surface area contributed by atoms with Gasteiger partial charge in [-0.2, -0.15) is 0 Å². The van der Waals surface area contributed by atoms with Crippen molar-refractivity contribution in [2.45, 2.75) is 40.7 Å². The van der Waals surface area contributed by atoms with Crippen LogP contribution in [0.2, 0.25) is 0 Å². The fourth-order valence-corrected chi connectivity index (χ4v) is 2.75. The van der Waals surface area contributed by atoms with Gasteiger partial charge in [-0.05, 0) is 37.9 Å². The molecule has 0 fully saturated rings. The van der Waals surface area contributed by atoms with Gasteiger partial charge in [0.2, 0.25) is 0 Å². The van der Waals surface area contributed by atoms with Gasteiger partial charge in [0.05, 0.1) is 17.2 Å². The van der Waals surface area contributed by atoms with E-state index in [9.17, 15) is 19.6 Å². The number of carbonyl (C=O) groups is 2. The monoisotopic (exact) mass is 369 g/mol. The van der Waals surface area contributed by atoms with Crippen LogP contribution in [-0.2, 0) is 4.74 Å². The van der Waals surface area contributed by atoms with Gasteiger partial charge in [-0.3, -0.25) is 4.98 Å². The standard InChI is InChI=1S/C20H22N2O5/c1-10(2)13(5)27-20(25)17-12(4)21-11(3)16(19(23)24)18(17)14-8-6-7-9-15(14)22-26/h6-10,13H,1-5H3,(H,23,24)/p-1. The molecule has 142 valence electrons. The molecule has 0 saturated carbocycles. The molecule has 0 N–H and O–H groups in total. The lowest BCUT2D eigenvalue weighted by Gasteiger charge is -2.22. The summed E-state index contributed by atoms with van der Waals surface area (Å²) in [6, 6.07) is 6.19. The molecule has 0 spiro atoms. The number of aryl methyl sites for hydroxylation is 2. The van der Waals surface area contributed by atoms with E-state index in [0.29, 0.717) is 5.69 Å². The lowest BCUT2D eigenvalue weighted by atomic mass is 9.91. The second kappa shape index (κ2) is 8.07. The fraction of sp³-hybridized carbons (Fsp3) is 0.350. The van der Waals surface area contributed by atoms with Crippen LogP contribution in [0, 0.1) is 24.7 Å². The summed E-state index contributed by atoms with van der Waals surface area (Å²) in [6.07, 6.45) is -0.392. The molecule has 7 heteroatoms. The zero-order valence-electron chi connectivity index (χ0n) is 15.9. The van der Waals surface area contributed by atoms with Crippen LogP contribution in [0.5, 0.6) is 0 Å². The Morgan fingerprint density at radius 2 is 1.67 bits per heavy atom. The van der Waals surface area contributed by atoms with Crippen LogP contribution in [0.3, 0.4) is 0 Å². The number of esters is 1. The summed E-state index contributed by atoms with van der Waals surface area (Å²) in [6.45, 7) is 8.64. The van der Waals surface area contributed by atoms with Crippen LogP contribution in [-0.4, -0.2) is 23.0 Å². The summed E-state index contributed by atoms with van der Waals surface area (Å²) < 4.78 is 5.49. The number of ether oxygens (including phenoxy) is 1. The molecule has 1 unspecified atom stereocenters. The zero-order valence-corrected chi connectivity index (χ0v) is 15.9. The van der Waals surface area contributed by atoms with E-state index in [-0.39, 0.29) is 39.6 Å². The van der Waals surface area contributed by atoms with Crippen molar-refractivity contribution < 1.29 is 19.4 Å². The van der Waals surface area contributed by atoms with E-state index in [2.05, 4.69) is 10.2 Å². The average molecular weight is 369 g/mol. The maximum atomic E-state index is 12.9. The summed E-state index contributed by atoms with van der Waals surface area (Å²) in [5, 5.41) is 14.8. The Hall–Kier alpha value is -3.09. The van der Waals surface area contributed by atoms with E-state index in [1.54, 1.807) is 26.0 Å². The van der Waals surface area contributed by atoms with Crippen molar-refractivity contribution in [2.75, 3.05) is 0 Å². The summed E-state index contributed by atoms with van der Waals surface area (Å²) in [5.41, 5.74) is 0.464. The first-order valence-electron chi connectivity index (χ1n) is 8.55. The molecule has 27 heavy (non-hydrogen) atoms. The molecule has 0 saturated heterocycles. The molecule has 0 bridgehead atoms. The van der Waals surface area contributed by atoms with Crippen molar-refractivity contribution in [1.29, 1.82) is 0 Å². The minimum absolute atomic E-state index is 0.0101. The minimum Gasteiger partial charge on any atom is -0.545 e. The first-order valence-corrected chi connectivity index (χ1v) is 8.55. The number of carboxylic acids is 1. The highest BCUT2D eigenvalue weighted by molar-refractivity contribution is 6.07. The Balaban J connectivity index is 2.84. The van der Waals surface area contributed by atoms with Crippen molar-refractivity contribution in [1.82, 2.24) is 4.98 Å². The molecule has 1 aromatic heterocycles. The number of aromatic carboxylic acids is 1. The summed E-state index contributed by atoms with van der Waals surface area (Å²) in [5.74, 6) is -2.14. The third-order valence-corrected chi connectivity index (χ3v) is 4.47. The van der Waals surface area contributed by atoms with Gasteiger partial charge in [0, 0.05) is 22.4 Å². The molecule has 2 rings (SSSR count). The Bertz CT molecular complexity index is 905. The predicted molar refractivity (Wildman–Crippen MR) is 98.6 cm³/mol. The Morgan fingerprint density at radius 1 is 1.07 bits per heavy atom. The van der Waals surface area contributed by atoms with Crippen molar-refractivity contribution in [3.8, 4) is 11.1 Å². The predicted octanol–water partition coefficient (Wildman–Crippen LogP) is 3.33. The Morgan fingerprint density at radius 3 is 2.22 bits per heavy atom. The molecule has 0 amide bonds. The SMILES string of the molecule is Cc1nc(C)c(C(=O)OC(C)C(C)C)c(-c2ccccc2N=O)c1C(=O)[O-]. The molecule has 0 aliphatic heterocycles. The van der Waals surface area contributed by atoms with E-state index in [0.717, 1.165) is 0 Å². The van der Waals surface area contributed by atoms with Gasteiger partial charge < -0.3 is 14.6 Å². The van der Waals surface area contributed by atoms with E-state index in [1.165, 1.54) is 19.1 Å². The number of hydrogen-bond donors (Lipinski definition) is 0. The molecule has 7 nitrogen and oxygen atoms in total. The van der Waals surface area contributed by atoms with Crippen LogP contribution < -0.4 is 5.11 Å². The molecule has 2 aromatic rings. The Kier molecular flexibility index (Phi) is 6.05. The van der Waals surface area contributed by atoms with Gasteiger partial charge in [0.1, 0.15) is 11.8 Å². The highest BCUT2D eigenvalue weighted by atomic mass is 16.5. The van der Waals surface area contributed by atoms with Gasteiger partial charge in [0.25, 0.3) is 0 Å². The number of nitrogens with zero attached hydrogens (tertiary/aromatic N) is 2. The first kappa shape index (κ1) is 20.2. The molecule has 0 aliphatic rings. The number of carbonyl (C=O) groups excluding carboxylic acids is 2. The van der Waals surface area contributed by atoms with Crippen molar-refractivity contribution in [3.05, 3.63) is 51.7 Å². The topological polar surface area (TPSA) is 109 Å². The number of rotatable bonds is 6. The number of benzene rings is 1. The maximum absolute atomic E-state index is 12.9. The molecule has 1 atom stereocenters. The summed E-state index contributed by atoms with van der Waals surface area (Å²) in [7, 11) is 0. The van der Waals surface area contributed by atoms with Crippen LogP contribution >= 0.6 is 0 Å². The van der Waals surface area contributed by atoms with Gasteiger partial charge in [-0.25, -0.2) is 4.79 Å². The number of pyridine rings is 1. The average Bonchev–Trinajstić information content (AvgIpc) is 2.60. The second-order valence-corrected chi connectivity index (χ2v) is 6.66. The molecular formula is C20H21N2O5-. The summed E-state index contributed by atoms with van der Waals surface area (Å²) in [4.78, 5) is 40.1. The van der Waals surface area contributed by atoms with Crippen molar-refractivity contribution in [2.24, 2.45) is 11.1 Å². The smallest absolute Gasteiger partial charge is 0.340 e. The lowest BCUT2D eigenvalue weighted by molar-refractivity contribution is -0.255. The highest BCUT2D eigenvalue weighted by Gasteiger charge is 2.27. The largest absolute Gasteiger partial charge is 0.545 e. The molecular weight excluding hydrogens is 348 g/mol. The minimum atomic E-state index is -1.50. The summed E-state index contributed by atoms with van der Waals surface area (Å²) >= 11 is 0. The lowest BCUT2D eigenvalue weighted by Crippen LogP contribution is -2.27. The van der Waals surface area contributed by atoms with Crippen LogP contribution in [0.4, 0.5) is 5.69 Å². The zero-order chi connectivity index (χ0) is 20.3. The number of carboxylic acid groups (broad SMARTS) is 1. The van der Waals surface area contributed by atoms with E-state index in [1.807, 2.05) is 13.8 Å². The van der Waals surface area contributed by atoms with Crippen LogP contribution in [0.15, 0.2) is 29.4 Å². The number of nitroso groups, excluding NO2 is 1. The van der Waals surface area contributed by atoms with Crippen LogP contribution in [0.1, 0.15) is 52.9 Å². The van der Waals surface area contributed by atoms with Gasteiger partial charge in [0.15, 0.2) is 0 Å². The molecule has 1 aromatic carbocycles. The Labute approximate surface area is 157 Å². The fourth-order valence-electron chi connectivity index (χ4n) is 2.75. The first-order chi connectivity index (χ1) is 12.7.